The molecule has 1 nitrogen and oxygen atoms in total. The molecule has 0 amide bonds. The largest absolute Gasteiger partial charge is 0.316 e. The van der Waals surface area contributed by atoms with Crippen LogP contribution in [0.2, 0.25) is 0 Å². The van der Waals surface area contributed by atoms with Gasteiger partial charge in [0.1, 0.15) is 0 Å². The first-order valence-corrected chi connectivity index (χ1v) is 5.58. The SMILES string of the molecule is CC1(CC2CCCC(F)(F)C2)CNC1. The molecule has 1 aliphatic carbocycles. The summed E-state index contributed by atoms with van der Waals surface area (Å²) in [6.45, 7) is 4.22. The molecule has 1 heterocycles. The van der Waals surface area contributed by atoms with Crippen LogP contribution in [0.3, 0.4) is 0 Å². The van der Waals surface area contributed by atoms with E-state index >= 15 is 0 Å². The maximum Gasteiger partial charge on any atom is 0.248 e. The molecule has 2 rings (SSSR count). The van der Waals surface area contributed by atoms with Crippen molar-refractivity contribution in [3.63, 3.8) is 0 Å². The third-order valence-electron chi connectivity index (χ3n) is 3.63. The predicted octanol–water partition coefficient (Wildman–Crippen LogP) is 2.81. The minimum absolute atomic E-state index is 0.110. The summed E-state index contributed by atoms with van der Waals surface area (Å²) in [5.74, 6) is -2.12. The van der Waals surface area contributed by atoms with Crippen LogP contribution in [0.15, 0.2) is 0 Å². The quantitative estimate of drug-likeness (QED) is 0.727. The Morgan fingerprint density at radius 1 is 1.36 bits per heavy atom. The molecule has 1 saturated heterocycles. The monoisotopic (exact) mass is 203 g/mol. The summed E-state index contributed by atoms with van der Waals surface area (Å²) in [5, 5.41) is 3.22. The lowest BCUT2D eigenvalue weighted by Crippen LogP contribution is -2.52. The van der Waals surface area contributed by atoms with Gasteiger partial charge in [0.05, 0.1) is 0 Å². The van der Waals surface area contributed by atoms with E-state index in [0.29, 0.717) is 11.8 Å². The third-order valence-corrected chi connectivity index (χ3v) is 3.63. The molecule has 1 saturated carbocycles. The van der Waals surface area contributed by atoms with Crippen molar-refractivity contribution in [3.05, 3.63) is 0 Å². The van der Waals surface area contributed by atoms with E-state index in [9.17, 15) is 8.78 Å². The maximum atomic E-state index is 13.1. The van der Waals surface area contributed by atoms with Crippen molar-refractivity contribution in [3.8, 4) is 0 Å². The number of halogens is 2. The first-order valence-electron chi connectivity index (χ1n) is 5.58. The van der Waals surface area contributed by atoms with Gasteiger partial charge in [0, 0.05) is 25.9 Å². The Hall–Kier alpha value is -0.180. The lowest BCUT2D eigenvalue weighted by atomic mass is 9.71. The average Bonchev–Trinajstić information content (AvgIpc) is 1.99. The number of alkyl halides is 2. The fourth-order valence-corrected chi connectivity index (χ4v) is 2.84. The van der Waals surface area contributed by atoms with Crippen molar-refractivity contribution in [2.24, 2.45) is 11.3 Å². The lowest BCUT2D eigenvalue weighted by Gasteiger charge is -2.43. The summed E-state index contributed by atoms with van der Waals surface area (Å²) in [6, 6.07) is 0. The van der Waals surface area contributed by atoms with Crippen LogP contribution < -0.4 is 5.32 Å². The van der Waals surface area contributed by atoms with Crippen LogP contribution in [-0.4, -0.2) is 19.0 Å². The van der Waals surface area contributed by atoms with Gasteiger partial charge in [0.15, 0.2) is 0 Å². The topological polar surface area (TPSA) is 12.0 Å². The zero-order valence-electron chi connectivity index (χ0n) is 8.78. The van der Waals surface area contributed by atoms with E-state index in [4.69, 9.17) is 0 Å². The van der Waals surface area contributed by atoms with Gasteiger partial charge in [-0.3, -0.25) is 0 Å². The molecule has 0 aromatic heterocycles. The van der Waals surface area contributed by atoms with Crippen LogP contribution in [-0.2, 0) is 0 Å². The summed E-state index contributed by atoms with van der Waals surface area (Å²) in [5.41, 5.74) is 0.304. The molecule has 3 heteroatoms. The molecule has 1 aliphatic heterocycles. The zero-order chi connectivity index (χ0) is 10.2. The van der Waals surface area contributed by atoms with Crippen molar-refractivity contribution in [2.45, 2.75) is 45.0 Å². The van der Waals surface area contributed by atoms with Crippen LogP contribution in [0.25, 0.3) is 0 Å². The Labute approximate surface area is 84.3 Å². The lowest BCUT2D eigenvalue weighted by molar-refractivity contribution is -0.0612. The minimum Gasteiger partial charge on any atom is -0.316 e. The molecule has 2 aliphatic rings. The molecule has 1 atom stereocenters. The van der Waals surface area contributed by atoms with E-state index in [1.807, 2.05) is 0 Å². The standard InChI is InChI=1S/C11H19F2N/c1-10(7-14-8-10)5-9-3-2-4-11(12,13)6-9/h9,14H,2-8H2,1H3. The minimum atomic E-state index is -2.38. The second kappa shape index (κ2) is 3.44. The van der Waals surface area contributed by atoms with Crippen LogP contribution in [0, 0.1) is 11.3 Å². The Balaban J connectivity index is 1.86. The van der Waals surface area contributed by atoms with Crippen LogP contribution >= 0.6 is 0 Å². The Bertz CT molecular complexity index is 211. The zero-order valence-corrected chi connectivity index (χ0v) is 8.78. The molecule has 0 bridgehead atoms. The van der Waals surface area contributed by atoms with E-state index < -0.39 is 5.92 Å². The normalized spacial score (nSPS) is 34.9. The third kappa shape index (κ3) is 2.25. The summed E-state index contributed by atoms with van der Waals surface area (Å²) in [7, 11) is 0. The van der Waals surface area contributed by atoms with Gasteiger partial charge in [-0.25, -0.2) is 8.78 Å². The highest BCUT2D eigenvalue weighted by atomic mass is 19.3. The fourth-order valence-electron chi connectivity index (χ4n) is 2.84. The van der Waals surface area contributed by atoms with Gasteiger partial charge in [0.2, 0.25) is 5.92 Å². The Morgan fingerprint density at radius 2 is 2.07 bits per heavy atom. The number of hydrogen-bond acceptors (Lipinski definition) is 1. The molecule has 14 heavy (non-hydrogen) atoms. The Morgan fingerprint density at radius 3 is 2.57 bits per heavy atom. The van der Waals surface area contributed by atoms with Crippen LogP contribution in [0.1, 0.15) is 39.0 Å². The van der Waals surface area contributed by atoms with E-state index in [1.165, 1.54) is 0 Å². The molecule has 2 fully saturated rings. The van der Waals surface area contributed by atoms with Gasteiger partial charge in [-0.2, -0.15) is 0 Å². The van der Waals surface area contributed by atoms with Crippen molar-refractivity contribution in [2.75, 3.05) is 13.1 Å². The molecular weight excluding hydrogens is 184 g/mol. The fraction of sp³-hybridized carbons (Fsp3) is 1.00. The smallest absolute Gasteiger partial charge is 0.248 e. The van der Waals surface area contributed by atoms with Gasteiger partial charge in [-0.1, -0.05) is 6.92 Å². The molecule has 0 spiro atoms. The van der Waals surface area contributed by atoms with E-state index in [2.05, 4.69) is 12.2 Å². The van der Waals surface area contributed by atoms with Gasteiger partial charge < -0.3 is 5.32 Å². The first kappa shape index (κ1) is 10.3. The van der Waals surface area contributed by atoms with E-state index in [1.54, 1.807) is 0 Å². The van der Waals surface area contributed by atoms with Crippen LogP contribution in [0.4, 0.5) is 8.78 Å². The number of rotatable bonds is 2. The highest BCUT2D eigenvalue weighted by Gasteiger charge is 2.40. The molecule has 0 aromatic rings. The number of nitrogens with one attached hydrogen (secondary N) is 1. The summed E-state index contributed by atoms with van der Waals surface area (Å²) < 4.78 is 26.3. The highest BCUT2D eigenvalue weighted by molar-refractivity contribution is 4.92. The second-order valence-corrected chi connectivity index (χ2v) is 5.44. The van der Waals surface area contributed by atoms with E-state index in [0.717, 1.165) is 25.9 Å². The average molecular weight is 203 g/mol. The van der Waals surface area contributed by atoms with Gasteiger partial charge >= 0.3 is 0 Å². The molecule has 1 N–H and O–H groups in total. The van der Waals surface area contributed by atoms with Crippen LogP contribution in [0.5, 0.6) is 0 Å². The summed E-state index contributed by atoms with van der Waals surface area (Å²) in [4.78, 5) is 0. The molecular formula is C11H19F2N. The van der Waals surface area contributed by atoms with Crippen molar-refractivity contribution < 1.29 is 8.78 Å². The van der Waals surface area contributed by atoms with Gasteiger partial charge in [0.25, 0.3) is 0 Å². The highest BCUT2D eigenvalue weighted by Crippen LogP contribution is 2.42. The van der Waals surface area contributed by atoms with Gasteiger partial charge in [-0.15, -0.1) is 0 Å². The van der Waals surface area contributed by atoms with Crippen molar-refractivity contribution >= 4 is 0 Å². The van der Waals surface area contributed by atoms with Crippen molar-refractivity contribution in [1.29, 1.82) is 0 Å². The maximum absolute atomic E-state index is 13.1. The summed E-state index contributed by atoms with van der Waals surface area (Å²) >= 11 is 0. The molecule has 1 unspecified atom stereocenters. The molecule has 0 aromatic carbocycles. The molecule has 0 radical (unpaired) electrons. The Kier molecular flexibility index (Phi) is 2.54. The van der Waals surface area contributed by atoms with E-state index in [-0.39, 0.29) is 18.8 Å². The van der Waals surface area contributed by atoms with Crippen molar-refractivity contribution in [1.82, 2.24) is 5.32 Å². The first-order chi connectivity index (χ1) is 6.49. The number of hydrogen-bond donors (Lipinski definition) is 1. The summed E-state index contributed by atoms with van der Waals surface area (Å²) in [6.07, 6.45) is 2.93. The predicted molar refractivity (Wildman–Crippen MR) is 52.5 cm³/mol. The molecule has 82 valence electrons. The second-order valence-electron chi connectivity index (χ2n) is 5.44. The van der Waals surface area contributed by atoms with Gasteiger partial charge in [-0.05, 0) is 30.6 Å².